The SMILES string of the molecule is CC(C(C)(C)C)C(C)(C)C.CC(C)(C)C(C)(C)C(C)(C)C.CC(C)C(C)(C)C(C)(C)C.CC1(C)CCCCC1.CC1C2CCC1CC2.CC1CCC(C)CC1.CC1CCCC[C@H]1C.CC1CCC[C@@H](C)C1.CCC1CCCCC1.CCCC1CCCC1.C[C@H]1CC2CCC1C2. The van der Waals surface area contributed by atoms with E-state index in [9.17, 15) is 0 Å². The van der Waals surface area contributed by atoms with Crippen LogP contribution in [0, 0.1) is 138 Å². The normalized spacial score (nSPS) is 29.9. The van der Waals surface area contributed by atoms with Crippen molar-refractivity contribution in [1.82, 2.24) is 0 Å². The molecule has 572 valence electrons. The van der Waals surface area contributed by atoms with Crippen molar-refractivity contribution in [2.45, 2.75) is 473 Å². The molecule has 0 heteroatoms. The van der Waals surface area contributed by atoms with Crippen molar-refractivity contribution >= 4 is 0 Å². The Labute approximate surface area is 607 Å². The summed E-state index contributed by atoms with van der Waals surface area (Å²) >= 11 is 0. The Hall–Kier alpha value is 0. The number of hydrogen-bond acceptors (Lipinski definition) is 0. The summed E-state index contributed by atoms with van der Waals surface area (Å²) in [4.78, 5) is 0. The maximum atomic E-state index is 2.44. The van der Waals surface area contributed by atoms with Crippen LogP contribution < -0.4 is 0 Å². The minimum absolute atomic E-state index is 0.375. The Kier molecular flexibility index (Phi) is 46.0. The molecule has 4 unspecified atom stereocenters. The first-order chi connectivity index (χ1) is 43.5. The lowest BCUT2D eigenvalue weighted by Crippen LogP contribution is -2.41. The van der Waals surface area contributed by atoms with E-state index in [0.717, 1.165) is 94.7 Å². The molecule has 0 amide bonds. The molecule has 10 saturated carbocycles. The van der Waals surface area contributed by atoms with Gasteiger partial charge in [-0.1, -0.05) is 409 Å². The lowest BCUT2D eigenvalue weighted by atomic mass is 9.56. The van der Waals surface area contributed by atoms with Gasteiger partial charge in [-0.15, -0.1) is 0 Å². The van der Waals surface area contributed by atoms with E-state index >= 15 is 0 Å². The predicted octanol–water partition coefficient (Wildman–Crippen LogP) is 33.8. The molecule has 0 saturated heterocycles. The van der Waals surface area contributed by atoms with E-state index < -0.39 is 0 Å². The molecule has 0 aromatic carbocycles. The number of fused-ring (bicyclic) bond motifs is 4. The summed E-state index contributed by atoms with van der Waals surface area (Å²) in [6, 6.07) is 0. The first-order valence-corrected chi connectivity index (χ1v) is 43.5. The third-order valence-electron chi connectivity index (χ3n) is 29.8. The summed E-state index contributed by atoms with van der Waals surface area (Å²) in [7, 11) is 0. The van der Waals surface area contributed by atoms with Crippen molar-refractivity contribution in [2.24, 2.45) is 138 Å². The van der Waals surface area contributed by atoms with E-state index in [0.29, 0.717) is 43.3 Å². The van der Waals surface area contributed by atoms with Crippen molar-refractivity contribution in [2.75, 3.05) is 0 Å². The van der Waals surface area contributed by atoms with Crippen molar-refractivity contribution in [3.8, 4) is 0 Å². The molecule has 10 aliphatic carbocycles. The Morgan fingerprint density at radius 3 is 0.895 bits per heavy atom. The van der Waals surface area contributed by atoms with Gasteiger partial charge in [-0.2, -0.15) is 0 Å². The fourth-order valence-corrected chi connectivity index (χ4v) is 17.9. The van der Waals surface area contributed by atoms with Gasteiger partial charge < -0.3 is 0 Å². The first kappa shape index (κ1) is 95.0. The quantitative estimate of drug-likeness (QED) is 0.263. The molecule has 0 spiro atoms. The average Bonchev–Trinajstić information content (AvgIpc) is 1.71. The highest BCUT2D eigenvalue weighted by Gasteiger charge is 2.43. The zero-order chi connectivity index (χ0) is 73.4. The molecule has 7 atom stereocenters. The smallest absolute Gasteiger partial charge is 0.0257 e. The zero-order valence-corrected chi connectivity index (χ0v) is 73.4. The molecule has 0 aromatic rings. The molecular formula is C95H192. The molecule has 0 aromatic heterocycles. The van der Waals surface area contributed by atoms with E-state index in [1.54, 1.807) is 51.4 Å². The molecule has 10 rings (SSSR count). The van der Waals surface area contributed by atoms with E-state index in [-0.39, 0.29) is 0 Å². The van der Waals surface area contributed by atoms with E-state index in [1.807, 2.05) is 0 Å². The lowest BCUT2D eigenvalue weighted by molar-refractivity contribution is 0.00575. The van der Waals surface area contributed by atoms with E-state index in [4.69, 9.17) is 0 Å². The summed E-state index contributed by atoms with van der Waals surface area (Å²) in [6.07, 6.45) is 55.3. The third kappa shape index (κ3) is 40.0. The van der Waals surface area contributed by atoms with Crippen LogP contribution >= 0.6 is 0 Å². The molecular weight excluding hydrogens is 1140 g/mol. The van der Waals surface area contributed by atoms with Crippen molar-refractivity contribution in [3.63, 3.8) is 0 Å². The van der Waals surface area contributed by atoms with E-state index in [2.05, 4.69) is 235 Å². The summed E-state index contributed by atoms with van der Waals surface area (Å²) in [6.45, 7) is 79.5. The Balaban J connectivity index is 0.00000102. The lowest BCUT2D eigenvalue weighted by Gasteiger charge is -2.49. The first-order valence-electron chi connectivity index (χ1n) is 43.5. The third-order valence-corrected chi connectivity index (χ3v) is 29.8. The van der Waals surface area contributed by atoms with Crippen LogP contribution in [0.1, 0.15) is 473 Å². The molecule has 0 heterocycles. The van der Waals surface area contributed by atoms with Crippen molar-refractivity contribution < 1.29 is 0 Å². The summed E-state index contributed by atoms with van der Waals surface area (Å²) in [5.41, 5.74) is 3.55. The van der Waals surface area contributed by atoms with Crippen LogP contribution in [0.2, 0.25) is 0 Å². The maximum absolute atomic E-state index is 2.44. The highest BCUT2D eigenvalue weighted by molar-refractivity contribution is 4.92. The maximum Gasteiger partial charge on any atom is -0.0257 e. The fraction of sp³-hybridized carbons (Fsp3) is 1.00. The predicted molar refractivity (Wildman–Crippen MR) is 439 cm³/mol. The molecule has 0 nitrogen and oxygen atoms in total. The van der Waals surface area contributed by atoms with Crippen LogP contribution in [0.4, 0.5) is 0 Å². The van der Waals surface area contributed by atoms with Gasteiger partial charge in [0.2, 0.25) is 0 Å². The average molecular weight is 1330 g/mol. The van der Waals surface area contributed by atoms with Crippen LogP contribution in [0.5, 0.6) is 0 Å². The van der Waals surface area contributed by atoms with Crippen LogP contribution in [0.25, 0.3) is 0 Å². The summed E-state index contributed by atoms with van der Waals surface area (Å²) in [5.74, 6) is 16.5. The van der Waals surface area contributed by atoms with Gasteiger partial charge in [0.15, 0.2) is 0 Å². The van der Waals surface area contributed by atoms with Gasteiger partial charge in [0.1, 0.15) is 0 Å². The highest BCUT2D eigenvalue weighted by atomic mass is 14.5. The van der Waals surface area contributed by atoms with Gasteiger partial charge in [0.05, 0.1) is 0 Å². The van der Waals surface area contributed by atoms with Gasteiger partial charge in [0, 0.05) is 0 Å². The van der Waals surface area contributed by atoms with Crippen LogP contribution in [0.3, 0.4) is 0 Å². The van der Waals surface area contributed by atoms with Crippen LogP contribution in [-0.2, 0) is 0 Å². The second kappa shape index (κ2) is 46.0. The second-order valence-corrected chi connectivity index (χ2v) is 43.4. The zero-order valence-electron chi connectivity index (χ0n) is 73.4. The molecule has 0 N–H and O–H groups in total. The Morgan fingerprint density at radius 2 is 0.705 bits per heavy atom. The largest absolute Gasteiger partial charge is 0.0654 e. The van der Waals surface area contributed by atoms with Crippen molar-refractivity contribution in [3.05, 3.63) is 0 Å². The highest BCUT2D eigenvalue weighted by Crippen LogP contribution is 2.52. The Bertz CT molecular complexity index is 1700. The second-order valence-electron chi connectivity index (χ2n) is 43.4. The summed E-state index contributed by atoms with van der Waals surface area (Å²) < 4.78 is 0. The fourth-order valence-electron chi connectivity index (χ4n) is 17.9. The Morgan fingerprint density at radius 1 is 0.337 bits per heavy atom. The van der Waals surface area contributed by atoms with Gasteiger partial charge in [-0.05, 0) is 202 Å². The van der Waals surface area contributed by atoms with Gasteiger partial charge in [-0.25, -0.2) is 0 Å². The monoisotopic (exact) mass is 1330 g/mol. The molecule has 10 aliphatic rings. The van der Waals surface area contributed by atoms with Gasteiger partial charge in [-0.3, -0.25) is 0 Å². The molecule has 4 bridgehead atoms. The summed E-state index contributed by atoms with van der Waals surface area (Å²) in [5, 5.41) is 0. The number of hydrogen-bond donors (Lipinski definition) is 0. The molecule has 10 fully saturated rings. The molecule has 0 aliphatic heterocycles. The minimum atomic E-state index is 0.375. The molecule has 0 radical (unpaired) electrons. The topological polar surface area (TPSA) is 0 Å². The van der Waals surface area contributed by atoms with Gasteiger partial charge >= 0.3 is 0 Å². The number of rotatable bonds is 4. The van der Waals surface area contributed by atoms with E-state index in [1.165, 1.54) is 186 Å². The standard InChI is InChI=1S/C11H24.2C10H22.2C8H14.6C8H16/c1-9(2,3)11(7,8)10(4,5)6;1-8(9(2,3)4)10(5,6)7;1-8(2)10(6,7)9(3,4)5;1-6-4-7-2-3-8(6)5-7;1-6-7-2-3-8(6)5-4-7;1-7-3-5-8(2)6-4-7;1-7-4-3-5-8(2)6-7;1-8(2)6-4-3-5-7-8;1-7-5-3-4-6-8(7)2;1-2-8-6-4-3-5-7-8;1-2-5-8-6-3-4-7-8/h1-8H3;2*8H,1-7H3;2*6-8H,2-5H2,1H3;2*7-8H,3-6H2,1-2H3;3-7H2,1-2H3;7-8H,3-6H2,1-2H3;2*8H,2-7H2,1H3/t;;;6-,7?,8?;;;7-,8?;;7-,8?;;/m...0..1.1../s1. The van der Waals surface area contributed by atoms with Crippen molar-refractivity contribution in [1.29, 1.82) is 0 Å². The molecule has 95 heavy (non-hydrogen) atoms. The minimum Gasteiger partial charge on any atom is -0.0654 e. The van der Waals surface area contributed by atoms with Crippen LogP contribution in [-0.4, -0.2) is 0 Å². The van der Waals surface area contributed by atoms with Crippen LogP contribution in [0.15, 0.2) is 0 Å². The van der Waals surface area contributed by atoms with Gasteiger partial charge in [0.25, 0.3) is 0 Å².